The van der Waals surface area contributed by atoms with Crippen LogP contribution in [0.2, 0.25) is 0 Å². The van der Waals surface area contributed by atoms with Gasteiger partial charge in [0, 0.05) is 12.1 Å². The zero-order valence-corrected chi connectivity index (χ0v) is 10.6. The number of benzene rings is 1. The predicted octanol–water partition coefficient (Wildman–Crippen LogP) is 3.20. The van der Waals surface area contributed by atoms with Crippen LogP contribution in [0.5, 0.6) is 0 Å². The Bertz CT molecular complexity index is 342. The highest BCUT2D eigenvalue weighted by Gasteiger charge is 2.37. The van der Waals surface area contributed by atoms with Crippen LogP contribution in [-0.4, -0.2) is 23.1 Å². The third-order valence-corrected chi connectivity index (χ3v) is 3.04. The molecule has 0 bridgehead atoms. The Balaban J connectivity index is 2.26. The molecule has 1 aromatic carbocycles. The first-order valence-electron chi connectivity index (χ1n) is 5.95. The van der Waals surface area contributed by atoms with E-state index in [1.807, 2.05) is 6.07 Å². The summed E-state index contributed by atoms with van der Waals surface area (Å²) in [6, 6.07) is 10.5. The Morgan fingerprint density at radius 3 is 2.38 bits per heavy atom. The maximum atomic E-state index is 6.01. The maximum Gasteiger partial charge on any atom is 0.137 e. The first kappa shape index (κ1) is 11.6. The van der Waals surface area contributed by atoms with Crippen LogP contribution in [0.25, 0.3) is 0 Å². The highest BCUT2D eigenvalue weighted by atomic mass is 16.5. The average Bonchev–Trinajstić information content (AvgIpc) is 2.61. The van der Waals surface area contributed by atoms with Crippen LogP contribution in [-0.2, 0) is 4.74 Å². The van der Waals surface area contributed by atoms with Gasteiger partial charge in [0.1, 0.15) is 6.23 Å². The van der Waals surface area contributed by atoms with Crippen molar-refractivity contribution in [2.75, 3.05) is 6.54 Å². The zero-order valence-electron chi connectivity index (χ0n) is 10.6. The molecular formula is C14H21NO. The fraction of sp³-hybridized carbons (Fsp3) is 0.571. The van der Waals surface area contributed by atoms with E-state index in [4.69, 9.17) is 4.74 Å². The van der Waals surface area contributed by atoms with Crippen molar-refractivity contribution in [2.45, 2.75) is 45.6 Å². The predicted molar refractivity (Wildman–Crippen MR) is 66.2 cm³/mol. The first-order valence-corrected chi connectivity index (χ1v) is 5.95. The van der Waals surface area contributed by atoms with Crippen molar-refractivity contribution in [3.63, 3.8) is 0 Å². The van der Waals surface area contributed by atoms with Gasteiger partial charge in [-0.25, -0.2) is 0 Å². The van der Waals surface area contributed by atoms with Crippen LogP contribution in [0, 0.1) is 0 Å². The highest BCUT2D eigenvalue weighted by Crippen LogP contribution is 2.35. The molecule has 1 aliphatic rings. The molecule has 0 aliphatic carbocycles. The Kier molecular flexibility index (Phi) is 3.04. The summed E-state index contributed by atoms with van der Waals surface area (Å²) < 4.78 is 6.01. The van der Waals surface area contributed by atoms with Crippen molar-refractivity contribution >= 4 is 0 Å². The fourth-order valence-corrected chi connectivity index (χ4v) is 2.21. The lowest BCUT2D eigenvalue weighted by molar-refractivity contribution is -0.0275. The standard InChI is InChI=1S/C14H21NO/c1-11-10-15(14(2,3)4)13(16-11)12-8-6-5-7-9-12/h5-9,11,13H,10H2,1-4H3/t11-,13+/m0/s1. The van der Waals surface area contributed by atoms with Gasteiger partial charge < -0.3 is 4.74 Å². The fourth-order valence-electron chi connectivity index (χ4n) is 2.21. The quantitative estimate of drug-likeness (QED) is 0.719. The SMILES string of the molecule is C[C@H]1CN(C(C)(C)C)[C@@H](c2ccccc2)O1. The van der Waals surface area contributed by atoms with Crippen LogP contribution in [0.1, 0.15) is 39.5 Å². The Hall–Kier alpha value is -0.860. The van der Waals surface area contributed by atoms with Gasteiger partial charge in [-0.3, -0.25) is 4.90 Å². The van der Waals surface area contributed by atoms with Crippen LogP contribution >= 0.6 is 0 Å². The van der Waals surface area contributed by atoms with E-state index in [2.05, 4.69) is 56.9 Å². The van der Waals surface area contributed by atoms with Gasteiger partial charge in [0.2, 0.25) is 0 Å². The molecule has 0 amide bonds. The molecule has 1 heterocycles. The van der Waals surface area contributed by atoms with E-state index in [9.17, 15) is 0 Å². The van der Waals surface area contributed by atoms with Crippen LogP contribution in [0.15, 0.2) is 30.3 Å². The Labute approximate surface area is 98.2 Å². The van der Waals surface area contributed by atoms with Crippen LogP contribution < -0.4 is 0 Å². The van der Waals surface area contributed by atoms with Gasteiger partial charge in [0.05, 0.1) is 6.10 Å². The van der Waals surface area contributed by atoms with Gasteiger partial charge >= 0.3 is 0 Å². The van der Waals surface area contributed by atoms with Crippen molar-refractivity contribution in [3.05, 3.63) is 35.9 Å². The van der Waals surface area contributed by atoms with Crippen molar-refractivity contribution in [1.29, 1.82) is 0 Å². The van der Waals surface area contributed by atoms with E-state index in [0.717, 1.165) is 6.54 Å². The molecule has 2 nitrogen and oxygen atoms in total. The summed E-state index contributed by atoms with van der Waals surface area (Å²) in [6.45, 7) is 9.86. The highest BCUT2D eigenvalue weighted by molar-refractivity contribution is 5.18. The largest absolute Gasteiger partial charge is 0.355 e. The molecule has 2 rings (SSSR count). The molecule has 0 spiro atoms. The Morgan fingerprint density at radius 2 is 1.81 bits per heavy atom. The second-order valence-electron chi connectivity index (χ2n) is 5.53. The first-order chi connectivity index (χ1) is 7.48. The lowest BCUT2D eigenvalue weighted by Gasteiger charge is -2.35. The number of nitrogens with zero attached hydrogens (tertiary/aromatic N) is 1. The maximum absolute atomic E-state index is 6.01. The Morgan fingerprint density at radius 1 is 1.19 bits per heavy atom. The summed E-state index contributed by atoms with van der Waals surface area (Å²) in [5.74, 6) is 0. The number of ether oxygens (including phenoxy) is 1. The van der Waals surface area contributed by atoms with Gasteiger partial charge in [-0.1, -0.05) is 30.3 Å². The van der Waals surface area contributed by atoms with Crippen molar-refractivity contribution in [1.82, 2.24) is 4.90 Å². The van der Waals surface area contributed by atoms with Crippen LogP contribution in [0.4, 0.5) is 0 Å². The molecule has 1 fully saturated rings. The van der Waals surface area contributed by atoms with Gasteiger partial charge in [-0.15, -0.1) is 0 Å². The summed E-state index contributed by atoms with van der Waals surface area (Å²) >= 11 is 0. The van der Waals surface area contributed by atoms with E-state index in [-0.39, 0.29) is 11.8 Å². The topological polar surface area (TPSA) is 12.5 Å². The lowest BCUT2D eigenvalue weighted by atomic mass is 10.0. The van der Waals surface area contributed by atoms with E-state index in [1.165, 1.54) is 5.56 Å². The smallest absolute Gasteiger partial charge is 0.137 e. The third kappa shape index (κ3) is 2.28. The van der Waals surface area contributed by atoms with Gasteiger partial charge in [-0.05, 0) is 33.3 Å². The second kappa shape index (κ2) is 4.19. The van der Waals surface area contributed by atoms with Gasteiger partial charge in [0.25, 0.3) is 0 Å². The molecule has 2 heteroatoms. The third-order valence-electron chi connectivity index (χ3n) is 3.04. The van der Waals surface area contributed by atoms with Crippen molar-refractivity contribution in [2.24, 2.45) is 0 Å². The molecule has 0 unspecified atom stereocenters. The van der Waals surface area contributed by atoms with E-state index in [0.29, 0.717) is 6.10 Å². The van der Waals surface area contributed by atoms with E-state index in [1.54, 1.807) is 0 Å². The summed E-state index contributed by atoms with van der Waals surface area (Å²) in [5, 5.41) is 0. The molecule has 0 N–H and O–H groups in total. The minimum absolute atomic E-state index is 0.108. The molecular weight excluding hydrogens is 198 g/mol. The molecule has 0 aromatic heterocycles. The molecule has 0 saturated carbocycles. The second-order valence-corrected chi connectivity index (χ2v) is 5.53. The van der Waals surface area contributed by atoms with Gasteiger partial charge in [-0.2, -0.15) is 0 Å². The average molecular weight is 219 g/mol. The molecule has 1 aromatic rings. The van der Waals surface area contributed by atoms with Crippen molar-refractivity contribution < 1.29 is 4.74 Å². The molecule has 0 radical (unpaired) electrons. The summed E-state index contributed by atoms with van der Waals surface area (Å²) in [4.78, 5) is 2.42. The lowest BCUT2D eigenvalue weighted by Crippen LogP contribution is -2.41. The molecule has 2 atom stereocenters. The molecule has 88 valence electrons. The minimum Gasteiger partial charge on any atom is -0.355 e. The molecule has 16 heavy (non-hydrogen) atoms. The number of hydrogen-bond donors (Lipinski definition) is 0. The monoisotopic (exact) mass is 219 g/mol. The minimum atomic E-state index is 0.108. The number of rotatable bonds is 1. The number of hydrogen-bond acceptors (Lipinski definition) is 2. The molecule has 1 aliphatic heterocycles. The van der Waals surface area contributed by atoms with E-state index < -0.39 is 0 Å². The zero-order chi connectivity index (χ0) is 11.8. The van der Waals surface area contributed by atoms with Crippen molar-refractivity contribution in [3.8, 4) is 0 Å². The van der Waals surface area contributed by atoms with Gasteiger partial charge in [0.15, 0.2) is 0 Å². The summed E-state index contributed by atoms with van der Waals surface area (Å²) in [6.07, 6.45) is 0.417. The van der Waals surface area contributed by atoms with E-state index >= 15 is 0 Å². The summed E-state index contributed by atoms with van der Waals surface area (Å²) in [5.41, 5.74) is 1.40. The summed E-state index contributed by atoms with van der Waals surface area (Å²) in [7, 11) is 0. The molecule has 1 saturated heterocycles. The van der Waals surface area contributed by atoms with Crippen LogP contribution in [0.3, 0.4) is 0 Å². The normalized spacial score (nSPS) is 27.2.